The molecule has 19 heavy (non-hydrogen) atoms. The molecule has 1 aromatic carbocycles. The van der Waals surface area contributed by atoms with Crippen LogP contribution in [0.5, 0.6) is 0 Å². The van der Waals surface area contributed by atoms with Crippen molar-refractivity contribution in [1.29, 1.82) is 0 Å². The lowest BCUT2D eigenvalue weighted by molar-refractivity contribution is 0.684. The van der Waals surface area contributed by atoms with Gasteiger partial charge in [0.1, 0.15) is 0 Å². The summed E-state index contributed by atoms with van der Waals surface area (Å²) in [5.41, 5.74) is 1.24. The number of rotatable bonds is 6. The molecule has 0 spiro atoms. The molecule has 0 radical (unpaired) electrons. The minimum absolute atomic E-state index is 0.796. The first-order valence-electron chi connectivity index (χ1n) is 6.97. The quantitative estimate of drug-likeness (QED) is 0.621. The summed E-state index contributed by atoms with van der Waals surface area (Å²) in [5.74, 6) is 1.85. The molecule has 2 N–H and O–H groups in total. The van der Waals surface area contributed by atoms with Gasteiger partial charge < -0.3 is 10.6 Å². The van der Waals surface area contributed by atoms with E-state index in [1.165, 1.54) is 24.8 Å². The van der Waals surface area contributed by atoms with Crippen LogP contribution in [0, 0.1) is 5.92 Å². The van der Waals surface area contributed by atoms with Gasteiger partial charge in [-0.15, -0.1) is 0 Å². The van der Waals surface area contributed by atoms with Crippen molar-refractivity contribution in [2.75, 3.05) is 20.1 Å². The Balaban J connectivity index is 1.64. The molecule has 1 aliphatic rings. The summed E-state index contributed by atoms with van der Waals surface area (Å²) in [6, 6.07) is 7.99. The average molecular weight is 280 g/mol. The van der Waals surface area contributed by atoms with Crippen molar-refractivity contribution in [2.24, 2.45) is 10.9 Å². The first-order valence-corrected chi connectivity index (χ1v) is 7.34. The van der Waals surface area contributed by atoms with E-state index in [1.807, 2.05) is 25.2 Å². The second-order valence-corrected chi connectivity index (χ2v) is 5.47. The van der Waals surface area contributed by atoms with Crippen LogP contribution in [0.15, 0.2) is 29.3 Å². The molecule has 1 aromatic rings. The van der Waals surface area contributed by atoms with Crippen LogP contribution >= 0.6 is 11.6 Å². The van der Waals surface area contributed by atoms with Gasteiger partial charge in [0.15, 0.2) is 5.96 Å². The van der Waals surface area contributed by atoms with Gasteiger partial charge in [0.05, 0.1) is 0 Å². The molecule has 2 rings (SSSR count). The Kier molecular flexibility index (Phi) is 5.52. The Morgan fingerprint density at radius 3 is 2.79 bits per heavy atom. The van der Waals surface area contributed by atoms with Crippen LogP contribution in [-0.2, 0) is 6.42 Å². The van der Waals surface area contributed by atoms with E-state index in [9.17, 15) is 0 Å². The highest BCUT2D eigenvalue weighted by molar-refractivity contribution is 6.30. The van der Waals surface area contributed by atoms with Crippen LogP contribution in [0.1, 0.15) is 24.8 Å². The zero-order chi connectivity index (χ0) is 13.5. The molecule has 0 heterocycles. The summed E-state index contributed by atoms with van der Waals surface area (Å²) in [5, 5.41) is 7.47. The van der Waals surface area contributed by atoms with E-state index in [0.717, 1.165) is 36.4 Å². The van der Waals surface area contributed by atoms with Gasteiger partial charge >= 0.3 is 0 Å². The number of benzene rings is 1. The van der Waals surface area contributed by atoms with Gasteiger partial charge in [-0.2, -0.15) is 0 Å². The molecule has 4 heteroatoms. The van der Waals surface area contributed by atoms with E-state index < -0.39 is 0 Å². The highest BCUT2D eigenvalue weighted by atomic mass is 35.5. The molecule has 1 saturated carbocycles. The molecule has 1 fully saturated rings. The summed E-state index contributed by atoms with van der Waals surface area (Å²) in [4.78, 5) is 4.22. The van der Waals surface area contributed by atoms with E-state index in [2.05, 4.69) is 21.7 Å². The SMILES string of the molecule is CN=C(NCCc1cccc(Cl)c1)NCCC1CC1. The maximum Gasteiger partial charge on any atom is 0.190 e. The van der Waals surface area contributed by atoms with Crippen molar-refractivity contribution in [3.63, 3.8) is 0 Å². The molecule has 0 aliphatic heterocycles. The van der Waals surface area contributed by atoms with Gasteiger partial charge in [-0.1, -0.05) is 36.6 Å². The molecule has 0 saturated heterocycles. The number of nitrogens with zero attached hydrogens (tertiary/aromatic N) is 1. The number of aliphatic imine (C=N–C) groups is 1. The van der Waals surface area contributed by atoms with Crippen LogP contribution in [0.4, 0.5) is 0 Å². The van der Waals surface area contributed by atoms with Gasteiger partial charge in [0, 0.05) is 25.2 Å². The third kappa shape index (κ3) is 5.52. The van der Waals surface area contributed by atoms with Crippen molar-refractivity contribution in [1.82, 2.24) is 10.6 Å². The van der Waals surface area contributed by atoms with Crippen molar-refractivity contribution < 1.29 is 0 Å². The predicted molar refractivity (Wildman–Crippen MR) is 81.9 cm³/mol. The monoisotopic (exact) mass is 279 g/mol. The summed E-state index contributed by atoms with van der Waals surface area (Å²) in [6.07, 6.45) is 5.02. The van der Waals surface area contributed by atoms with Crippen LogP contribution < -0.4 is 10.6 Å². The van der Waals surface area contributed by atoms with Crippen LogP contribution in [-0.4, -0.2) is 26.1 Å². The fourth-order valence-corrected chi connectivity index (χ4v) is 2.25. The zero-order valence-corrected chi connectivity index (χ0v) is 12.2. The Hall–Kier alpha value is -1.22. The van der Waals surface area contributed by atoms with Crippen molar-refractivity contribution in [2.45, 2.75) is 25.7 Å². The predicted octanol–water partition coefficient (Wildman–Crippen LogP) is 2.85. The Labute approximate surface area is 120 Å². The van der Waals surface area contributed by atoms with Crippen LogP contribution in [0.3, 0.4) is 0 Å². The Morgan fingerprint density at radius 2 is 2.11 bits per heavy atom. The van der Waals surface area contributed by atoms with E-state index in [-0.39, 0.29) is 0 Å². The lowest BCUT2D eigenvalue weighted by Crippen LogP contribution is -2.38. The third-order valence-corrected chi connectivity index (χ3v) is 3.60. The molecule has 0 amide bonds. The number of guanidine groups is 1. The van der Waals surface area contributed by atoms with E-state index >= 15 is 0 Å². The number of halogens is 1. The van der Waals surface area contributed by atoms with Gasteiger partial charge in [0.25, 0.3) is 0 Å². The summed E-state index contributed by atoms with van der Waals surface area (Å²) in [6.45, 7) is 1.88. The van der Waals surface area contributed by atoms with Gasteiger partial charge in [-0.3, -0.25) is 4.99 Å². The maximum atomic E-state index is 5.96. The topological polar surface area (TPSA) is 36.4 Å². The third-order valence-electron chi connectivity index (χ3n) is 3.36. The Bertz CT molecular complexity index is 427. The maximum absolute atomic E-state index is 5.96. The number of nitrogens with one attached hydrogen (secondary N) is 2. The van der Waals surface area contributed by atoms with Crippen molar-refractivity contribution in [3.05, 3.63) is 34.9 Å². The molecule has 0 bridgehead atoms. The largest absolute Gasteiger partial charge is 0.356 e. The fraction of sp³-hybridized carbons (Fsp3) is 0.533. The molecule has 3 nitrogen and oxygen atoms in total. The van der Waals surface area contributed by atoms with E-state index in [4.69, 9.17) is 11.6 Å². The minimum atomic E-state index is 0.796. The average Bonchev–Trinajstić information content (AvgIpc) is 3.21. The zero-order valence-electron chi connectivity index (χ0n) is 11.5. The highest BCUT2D eigenvalue weighted by Crippen LogP contribution is 2.31. The Morgan fingerprint density at radius 1 is 1.32 bits per heavy atom. The molecule has 1 aliphatic carbocycles. The fourth-order valence-electron chi connectivity index (χ4n) is 2.04. The second-order valence-electron chi connectivity index (χ2n) is 5.04. The summed E-state index contributed by atoms with van der Waals surface area (Å²) in [7, 11) is 1.81. The molecule has 104 valence electrons. The highest BCUT2D eigenvalue weighted by Gasteiger charge is 2.20. The molecule has 0 atom stereocenters. The minimum Gasteiger partial charge on any atom is -0.356 e. The standard InChI is InChI=1S/C15H22ClN3/c1-17-15(18-9-7-12-5-6-12)19-10-8-13-3-2-4-14(16)11-13/h2-4,11-12H,5-10H2,1H3,(H2,17,18,19). The van der Waals surface area contributed by atoms with E-state index in [0.29, 0.717) is 0 Å². The smallest absolute Gasteiger partial charge is 0.190 e. The van der Waals surface area contributed by atoms with Gasteiger partial charge in [0.2, 0.25) is 0 Å². The second kappa shape index (κ2) is 7.39. The van der Waals surface area contributed by atoms with E-state index in [1.54, 1.807) is 0 Å². The van der Waals surface area contributed by atoms with Crippen LogP contribution in [0.25, 0.3) is 0 Å². The lowest BCUT2D eigenvalue weighted by atomic mass is 10.1. The van der Waals surface area contributed by atoms with Gasteiger partial charge in [-0.25, -0.2) is 0 Å². The first kappa shape index (κ1) is 14.2. The van der Waals surface area contributed by atoms with Crippen molar-refractivity contribution >= 4 is 17.6 Å². The first-order chi connectivity index (χ1) is 9.28. The number of hydrogen-bond donors (Lipinski definition) is 2. The van der Waals surface area contributed by atoms with Gasteiger partial charge in [-0.05, 0) is 36.5 Å². The normalized spacial score (nSPS) is 15.4. The lowest BCUT2D eigenvalue weighted by Gasteiger charge is -2.11. The number of hydrogen-bond acceptors (Lipinski definition) is 1. The summed E-state index contributed by atoms with van der Waals surface area (Å²) >= 11 is 5.96. The van der Waals surface area contributed by atoms with Crippen LogP contribution in [0.2, 0.25) is 5.02 Å². The molecular formula is C15H22ClN3. The van der Waals surface area contributed by atoms with Crippen molar-refractivity contribution in [3.8, 4) is 0 Å². The molecule has 0 unspecified atom stereocenters. The molecular weight excluding hydrogens is 258 g/mol. The molecule has 0 aromatic heterocycles. The summed E-state index contributed by atoms with van der Waals surface area (Å²) < 4.78 is 0.